The number of carbonyl (C=O) groups is 1. The molecule has 1 nitrogen and oxygen atoms in total. The second-order valence-electron chi connectivity index (χ2n) is 5.56. The van der Waals surface area contributed by atoms with Crippen LogP contribution in [0.1, 0.15) is 61.4 Å². The van der Waals surface area contributed by atoms with Crippen LogP contribution in [0.5, 0.6) is 0 Å². The Morgan fingerprint density at radius 2 is 1.60 bits per heavy atom. The molecular weight excluding hydrogens is 244 g/mol. The van der Waals surface area contributed by atoms with Gasteiger partial charge in [0.2, 0.25) is 0 Å². The molecule has 0 N–H and O–H groups in total. The van der Waals surface area contributed by atoms with Crippen molar-refractivity contribution >= 4 is 16.6 Å². The predicted octanol–water partition coefficient (Wildman–Crippen LogP) is 5.69. The molecule has 0 unspecified atom stereocenters. The second-order valence-corrected chi connectivity index (χ2v) is 5.56. The molecule has 0 aliphatic rings. The van der Waals surface area contributed by atoms with Crippen LogP contribution < -0.4 is 0 Å². The van der Waals surface area contributed by atoms with E-state index in [4.69, 9.17) is 0 Å². The summed E-state index contributed by atoms with van der Waals surface area (Å²) in [5, 5.41) is 2.30. The Hall–Kier alpha value is -1.63. The van der Waals surface area contributed by atoms with Crippen molar-refractivity contribution in [3.8, 4) is 0 Å². The second kappa shape index (κ2) is 7.23. The minimum atomic E-state index is 0.290. The first-order chi connectivity index (χ1) is 9.74. The number of Topliss-reactive ketones (excluding diaryl/α,β-unsaturated/α-hetero) is 1. The molecule has 0 saturated carbocycles. The van der Waals surface area contributed by atoms with Gasteiger partial charge in [0.25, 0.3) is 0 Å². The van der Waals surface area contributed by atoms with E-state index in [9.17, 15) is 4.79 Å². The Kier molecular flexibility index (Phi) is 5.34. The van der Waals surface area contributed by atoms with Crippen molar-refractivity contribution in [1.82, 2.24) is 0 Å². The van der Waals surface area contributed by atoms with Gasteiger partial charge in [-0.1, -0.05) is 69.0 Å². The summed E-state index contributed by atoms with van der Waals surface area (Å²) in [5.41, 5.74) is 2.13. The number of unbranched alkanes of at least 4 members (excludes halogenated alkanes) is 4. The summed E-state index contributed by atoms with van der Waals surface area (Å²) in [6.45, 7) is 4.31. The van der Waals surface area contributed by atoms with Gasteiger partial charge in [0.05, 0.1) is 0 Å². The van der Waals surface area contributed by atoms with Gasteiger partial charge in [0.15, 0.2) is 5.78 Å². The van der Waals surface area contributed by atoms with Crippen LogP contribution in [0.3, 0.4) is 0 Å². The third-order valence-corrected chi connectivity index (χ3v) is 3.95. The lowest BCUT2D eigenvalue weighted by atomic mass is 9.95. The average molecular weight is 268 g/mol. The Labute approximate surface area is 122 Å². The maximum atomic E-state index is 12.4. The molecule has 2 aromatic carbocycles. The van der Waals surface area contributed by atoms with Crippen LogP contribution in [-0.4, -0.2) is 5.78 Å². The molecule has 0 fully saturated rings. The summed E-state index contributed by atoms with van der Waals surface area (Å²) in [4.78, 5) is 12.4. The van der Waals surface area contributed by atoms with E-state index in [-0.39, 0.29) is 5.78 Å². The zero-order valence-electron chi connectivity index (χ0n) is 12.6. The number of aryl methyl sites for hydroxylation is 1. The molecule has 0 aliphatic heterocycles. The summed E-state index contributed by atoms with van der Waals surface area (Å²) in [5.74, 6) is 0.290. The standard InChI is InChI=1S/C19H24O/c1-3-4-5-6-7-12-19(20)18-14-13-15(2)16-10-8-9-11-17(16)18/h8-11,13-14H,3-7,12H2,1-2H3. The van der Waals surface area contributed by atoms with Gasteiger partial charge in [0.1, 0.15) is 0 Å². The fraction of sp³-hybridized carbons (Fsp3) is 0.421. The molecule has 2 aromatic rings. The average Bonchev–Trinajstić information content (AvgIpc) is 2.47. The van der Waals surface area contributed by atoms with E-state index in [2.05, 4.69) is 32.0 Å². The minimum Gasteiger partial charge on any atom is -0.294 e. The van der Waals surface area contributed by atoms with Crippen LogP contribution in [0.4, 0.5) is 0 Å². The lowest BCUT2D eigenvalue weighted by Crippen LogP contribution is -2.00. The molecular formula is C19H24O. The Morgan fingerprint density at radius 3 is 2.35 bits per heavy atom. The van der Waals surface area contributed by atoms with E-state index >= 15 is 0 Å². The van der Waals surface area contributed by atoms with E-state index < -0.39 is 0 Å². The molecule has 106 valence electrons. The number of fused-ring (bicyclic) bond motifs is 1. The van der Waals surface area contributed by atoms with Crippen LogP contribution in [0.2, 0.25) is 0 Å². The third-order valence-electron chi connectivity index (χ3n) is 3.95. The van der Waals surface area contributed by atoms with Gasteiger partial charge in [-0.05, 0) is 29.7 Å². The number of ketones is 1. The minimum absolute atomic E-state index is 0.290. The number of carbonyl (C=O) groups excluding carboxylic acids is 1. The predicted molar refractivity (Wildman–Crippen MR) is 86.4 cm³/mol. The van der Waals surface area contributed by atoms with Crippen molar-refractivity contribution in [3.05, 3.63) is 47.5 Å². The maximum Gasteiger partial charge on any atom is 0.163 e. The van der Waals surface area contributed by atoms with Crippen LogP contribution in [-0.2, 0) is 0 Å². The van der Waals surface area contributed by atoms with Crippen LogP contribution in [0.25, 0.3) is 10.8 Å². The highest BCUT2D eigenvalue weighted by Gasteiger charge is 2.10. The molecule has 0 saturated heterocycles. The van der Waals surface area contributed by atoms with E-state index in [0.717, 1.165) is 17.4 Å². The molecule has 0 spiro atoms. The van der Waals surface area contributed by atoms with Crippen LogP contribution in [0, 0.1) is 6.92 Å². The highest BCUT2D eigenvalue weighted by atomic mass is 16.1. The zero-order chi connectivity index (χ0) is 14.4. The summed E-state index contributed by atoms with van der Waals surface area (Å²) in [6, 6.07) is 12.3. The van der Waals surface area contributed by atoms with Crippen molar-refractivity contribution in [2.24, 2.45) is 0 Å². The van der Waals surface area contributed by atoms with Crippen molar-refractivity contribution in [3.63, 3.8) is 0 Å². The molecule has 2 rings (SSSR count). The molecule has 1 heteroatoms. The first-order valence-electron chi connectivity index (χ1n) is 7.75. The van der Waals surface area contributed by atoms with Crippen molar-refractivity contribution < 1.29 is 4.79 Å². The number of benzene rings is 2. The first kappa shape index (κ1) is 14.8. The normalized spacial score (nSPS) is 10.9. The molecule has 0 bridgehead atoms. The molecule has 20 heavy (non-hydrogen) atoms. The van der Waals surface area contributed by atoms with Gasteiger partial charge in [-0.25, -0.2) is 0 Å². The Balaban J connectivity index is 2.09. The SMILES string of the molecule is CCCCCCCC(=O)c1ccc(C)c2ccccc12. The number of rotatable bonds is 7. The summed E-state index contributed by atoms with van der Waals surface area (Å²) >= 11 is 0. The quantitative estimate of drug-likeness (QED) is 0.465. The number of hydrogen-bond donors (Lipinski definition) is 0. The van der Waals surface area contributed by atoms with Gasteiger partial charge in [-0.3, -0.25) is 4.79 Å². The number of hydrogen-bond acceptors (Lipinski definition) is 1. The zero-order valence-corrected chi connectivity index (χ0v) is 12.6. The molecule has 0 radical (unpaired) electrons. The van der Waals surface area contributed by atoms with Crippen molar-refractivity contribution in [2.45, 2.75) is 52.4 Å². The molecule has 0 amide bonds. The largest absolute Gasteiger partial charge is 0.294 e. The Bertz CT molecular complexity index is 583. The fourth-order valence-electron chi connectivity index (χ4n) is 2.72. The van der Waals surface area contributed by atoms with Gasteiger partial charge >= 0.3 is 0 Å². The van der Waals surface area contributed by atoms with Crippen LogP contribution >= 0.6 is 0 Å². The topological polar surface area (TPSA) is 17.1 Å². The van der Waals surface area contributed by atoms with E-state index in [1.54, 1.807) is 0 Å². The van der Waals surface area contributed by atoms with Gasteiger partial charge in [-0.15, -0.1) is 0 Å². The third kappa shape index (κ3) is 3.47. The monoisotopic (exact) mass is 268 g/mol. The molecule has 0 heterocycles. The van der Waals surface area contributed by atoms with Crippen molar-refractivity contribution in [2.75, 3.05) is 0 Å². The van der Waals surface area contributed by atoms with Gasteiger partial charge < -0.3 is 0 Å². The van der Waals surface area contributed by atoms with Crippen LogP contribution in [0.15, 0.2) is 36.4 Å². The van der Waals surface area contributed by atoms with E-state index in [1.807, 2.05) is 18.2 Å². The molecule has 0 aromatic heterocycles. The lowest BCUT2D eigenvalue weighted by Gasteiger charge is -2.08. The summed E-state index contributed by atoms with van der Waals surface area (Å²) < 4.78 is 0. The lowest BCUT2D eigenvalue weighted by molar-refractivity contribution is 0.0980. The highest BCUT2D eigenvalue weighted by Crippen LogP contribution is 2.24. The molecule has 0 atom stereocenters. The smallest absolute Gasteiger partial charge is 0.163 e. The van der Waals surface area contributed by atoms with E-state index in [0.29, 0.717) is 6.42 Å². The summed E-state index contributed by atoms with van der Waals surface area (Å²) in [6.07, 6.45) is 6.64. The van der Waals surface area contributed by atoms with Gasteiger partial charge in [-0.2, -0.15) is 0 Å². The van der Waals surface area contributed by atoms with Gasteiger partial charge in [0, 0.05) is 12.0 Å². The maximum absolute atomic E-state index is 12.4. The highest BCUT2D eigenvalue weighted by molar-refractivity contribution is 6.08. The first-order valence-corrected chi connectivity index (χ1v) is 7.75. The van der Waals surface area contributed by atoms with E-state index in [1.165, 1.54) is 36.6 Å². The summed E-state index contributed by atoms with van der Waals surface area (Å²) in [7, 11) is 0. The molecule has 0 aliphatic carbocycles. The Morgan fingerprint density at radius 1 is 0.900 bits per heavy atom. The van der Waals surface area contributed by atoms with Crippen molar-refractivity contribution in [1.29, 1.82) is 0 Å². The fourth-order valence-corrected chi connectivity index (χ4v) is 2.72.